The van der Waals surface area contributed by atoms with Crippen LogP contribution in [0.2, 0.25) is 0 Å². The Morgan fingerprint density at radius 1 is 0.280 bits per heavy atom. The highest BCUT2D eigenvalue weighted by Crippen LogP contribution is 2.16. The van der Waals surface area contributed by atoms with Crippen molar-refractivity contribution in [3.05, 3.63) is 97.2 Å². The molecule has 1 atom stereocenters. The minimum atomic E-state index is -0.818. The van der Waals surface area contributed by atoms with Crippen LogP contribution in [-0.4, -0.2) is 37.2 Å². The van der Waals surface area contributed by atoms with E-state index in [-0.39, 0.29) is 37.5 Å². The standard InChI is InChI=1S/C69H118O6/c1-4-7-10-13-16-19-22-25-27-29-31-32-33-34-35-36-38-39-41-44-47-50-53-56-59-62-68(71)74-65-66(64-73-67(70)61-58-55-52-49-46-43-24-21-18-15-12-9-6-3)75-69(72)63-60-57-54-51-48-45-42-40-37-30-28-26-23-20-17-14-11-8-5-2/h8,11,17,20,22,25-26,28-29,31,37,40,45,48,54,57,66H,4-7,9-10,12-16,18-19,21,23-24,27,30,32-36,38-39,41-44,46-47,49-53,55-56,58-65H2,1-3H3/b11-8-,20-17-,25-22-,28-26-,31-29-,40-37-,48-45-,57-54-. The molecule has 0 heterocycles. The van der Waals surface area contributed by atoms with Crippen molar-refractivity contribution in [3.63, 3.8) is 0 Å². The molecule has 0 fully saturated rings. The Morgan fingerprint density at radius 2 is 0.547 bits per heavy atom. The van der Waals surface area contributed by atoms with E-state index in [4.69, 9.17) is 14.2 Å². The van der Waals surface area contributed by atoms with Gasteiger partial charge in [0.2, 0.25) is 0 Å². The monoisotopic (exact) mass is 1040 g/mol. The highest BCUT2D eigenvalue weighted by molar-refractivity contribution is 5.71. The van der Waals surface area contributed by atoms with Crippen molar-refractivity contribution in [1.82, 2.24) is 0 Å². The van der Waals surface area contributed by atoms with Crippen molar-refractivity contribution in [3.8, 4) is 0 Å². The minimum absolute atomic E-state index is 0.105. The molecule has 0 aliphatic heterocycles. The Bertz CT molecular complexity index is 1480. The molecule has 6 nitrogen and oxygen atoms in total. The summed E-state index contributed by atoms with van der Waals surface area (Å²) in [5.41, 5.74) is 0. The Balaban J connectivity index is 4.39. The first-order valence-corrected chi connectivity index (χ1v) is 31.7. The first-order chi connectivity index (χ1) is 37.0. The van der Waals surface area contributed by atoms with E-state index in [1.54, 1.807) is 0 Å². The van der Waals surface area contributed by atoms with Crippen molar-refractivity contribution in [1.29, 1.82) is 0 Å². The van der Waals surface area contributed by atoms with Crippen LogP contribution in [0.4, 0.5) is 0 Å². The molecule has 0 aromatic heterocycles. The molecule has 430 valence electrons. The molecule has 0 aromatic rings. The van der Waals surface area contributed by atoms with Crippen LogP contribution in [0.1, 0.15) is 303 Å². The van der Waals surface area contributed by atoms with Crippen LogP contribution in [0.5, 0.6) is 0 Å². The van der Waals surface area contributed by atoms with Gasteiger partial charge in [-0.15, -0.1) is 0 Å². The van der Waals surface area contributed by atoms with Crippen molar-refractivity contribution in [2.24, 2.45) is 0 Å². The molecule has 0 radical (unpaired) electrons. The second-order valence-corrected chi connectivity index (χ2v) is 20.9. The van der Waals surface area contributed by atoms with E-state index < -0.39 is 6.10 Å². The van der Waals surface area contributed by atoms with Gasteiger partial charge in [-0.25, -0.2) is 0 Å². The lowest BCUT2D eigenvalue weighted by Crippen LogP contribution is -2.30. The molecule has 0 spiro atoms. The molecule has 0 saturated carbocycles. The van der Waals surface area contributed by atoms with Crippen LogP contribution in [0.3, 0.4) is 0 Å². The lowest BCUT2D eigenvalue weighted by molar-refractivity contribution is -0.166. The second kappa shape index (κ2) is 62.9. The predicted molar refractivity (Wildman–Crippen MR) is 325 cm³/mol. The van der Waals surface area contributed by atoms with Gasteiger partial charge < -0.3 is 14.2 Å². The van der Waals surface area contributed by atoms with Crippen molar-refractivity contribution in [2.45, 2.75) is 309 Å². The Labute approximate surface area is 464 Å². The first-order valence-electron chi connectivity index (χ1n) is 31.7. The van der Waals surface area contributed by atoms with Crippen molar-refractivity contribution < 1.29 is 28.6 Å². The maximum absolute atomic E-state index is 12.9. The fourth-order valence-electron chi connectivity index (χ4n) is 8.85. The summed E-state index contributed by atoms with van der Waals surface area (Å²) in [5.74, 6) is -0.981. The zero-order chi connectivity index (χ0) is 54.3. The molecule has 0 N–H and O–H groups in total. The molecule has 0 bridgehead atoms. The molecule has 0 rings (SSSR count). The number of allylic oxidation sites excluding steroid dienone is 16. The quantitative estimate of drug-likeness (QED) is 0.0261. The fraction of sp³-hybridized carbons (Fsp3) is 0.725. The number of unbranched alkanes of at least 4 members (excludes halogenated alkanes) is 30. The first kappa shape index (κ1) is 71.3. The minimum Gasteiger partial charge on any atom is -0.462 e. The molecule has 0 aliphatic carbocycles. The van der Waals surface area contributed by atoms with Gasteiger partial charge in [-0.05, 0) is 89.9 Å². The summed E-state index contributed by atoms with van der Waals surface area (Å²) in [6, 6.07) is 0. The number of rotatable bonds is 57. The average molecular weight is 1040 g/mol. The van der Waals surface area contributed by atoms with Gasteiger partial charge in [0.05, 0.1) is 0 Å². The number of ether oxygens (including phenoxy) is 3. The third-order valence-electron chi connectivity index (χ3n) is 13.6. The van der Waals surface area contributed by atoms with E-state index in [9.17, 15) is 14.4 Å². The number of carbonyl (C=O) groups excluding carboxylic acids is 3. The Morgan fingerprint density at radius 3 is 0.867 bits per heavy atom. The zero-order valence-electron chi connectivity index (χ0n) is 49.3. The summed E-state index contributed by atoms with van der Waals surface area (Å²) in [7, 11) is 0. The van der Waals surface area contributed by atoms with Gasteiger partial charge in [-0.3, -0.25) is 14.4 Å². The third kappa shape index (κ3) is 61.1. The average Bonchev–Trinajstić information content (AvgIpc) is 3.41. The van der Waals surface area contributed by atoms with Gasteiger partial charge in [0.1, 0.15) is 13.2 Å². The number of esters is 3. The van der Waals surface area contributed by atoms with Crippen LogP contribution < -0.4 is 0 Å². The topological polar surface area (TPSA) is 78.9 Å². The van der Waals surface area contributed by atoms with Gasteiger partial charge in [0.25, 0.3) is 0 Å². The summed E-state index contributed by atoms with van der Waals surface area (Å²) < 4.78 is 16.8. The van der Waals surface area contributed by atoms with Crippen LogP contribution in [0, 0.1) is 0 Å². The maximum atomic E-state index is 12.9. The van der Waals surface area contributed by atoms with Crippen molar-refractivity contribution >= 4 is 17.9 Å². The van der Waals surface area contributed by atoms with Gasteiger partial charge >= 0.3 is 17.9 Å². The molecule has 0 amide bonds. The summed E-state index contributed by atoms with van der Waals surface area (Å²) in [6.45, 7) is 6.48. The smallest absolute Gasteiger partial charge is 0.306 e. The lowest BCUT2D eigenvalue weighted by Gasteiger charge is -2.18. The van der Waals surface area contributed by atoms with Crippen molar-refractivity contribution in [2.75, 3.05) is 13.2 Å². The molecule has 1 unspecified atom stereocenters. The SMILES string of the molecule is CC/C=C\C/C=C\C/C=C\C/C=C\C/C=C\C/C=C\CCC(=O)OC(COC(=O)CCCCCCCCCCCCCCC)COC(=O)CCCCCCCCCCCCCCC/C=C\C/C=C\CCCCCCC. The second-order valence-electron chi connectivity index (χ2n) is 20.9. The number of hydrogen-bond acceptors (Lipinski definition) is 6. The highest BCUT2D eigenvalue weighted by atomic mass is 16.6. The number of hydrogen-bond donors (Lipinski definition) is 0. The van der Waals surface area contributed by atoms with Gasteiger partial charge in [-0.2, -0.15) is 0 Å². The zero-order valence-corrected chi connectivity index (χ0v) is 49.3. The largest absolute Gasteiger partial charge is 0.462 e. The third-order valence-corrected chi connectivity index (χ3v) is 13.6. The van der Waals surface area contributed by atoms with Crippen LogP contribution >= 0.6 is 0 Å². The van der Waals surface area contributed by atoms with E-state index in [0.717, 1.165) is 83.5 Å². The summed E-state index contributed by atoms with van der Waals surface area (Å²) in [6.07, 6.45) is 84.3. The molecular formula is C69H118O6. The van der Waals surface area contributed by atoms with Gasteiger partial charge in [-0.1, -0.05) is 291 Å². The Hall–Kier alpha value is -3.67. The van der Waals surface area contributed by atoms with E-state index >= 15 is 0 Å². The summed E-state index contributed by atoms with van der Waals surface area (Å²) >= 11 is 0. The number of carbonyl (C=O) groups is 3. The lowest BCUT2D eigenvalue weighted by atomic mass is 10.0. The fourth-order valence-corrected chi connectivity index (χ4v) is 8.85. The van der Waals surface area contributed by atoms with Gasteiger partial charge in [0.15, 0.2) is 6.10 Å². The molecule has 0 aromatic carbocycles. The van der Waals surface area contributed by atoms with Crippen LogP contribution in [0.15, 0.2) is 97.2 Å². The summed E-state index contributed by atoms with van der Waals surface area (Å²) in [4.78, 5) is 38.2. The van der Waals surface area contributed by atoms with E-state index in [0.29, 0.717) is 19.3 Å². The summed E-state index contributed by atoms with van der Waals surface area (Å²) in [5, 5.41) is 0. The van der Waals surface area contributed by atoms with E-state index in [1.807, 2.05) is 6.08 Å². The van der Waals surface area contributed by atoms with Gasteiger partial charge in [0, 0.05) is 19.3 Å². The Kier molecular flexibility index (Phi) is 59.8. The normalized spacial score (nSPS) is 12.7. The van der Waals surface area contributed by atoms with Crippen LogP contribution in [-0.2, 0) is 28.6 Å². The molecular weight excluding hydrogens is 925 g/mol. The van der Waals surface area contributed by atoms with Crippen LogP contribution in [0.25, 0.3) is 0 Å². The molecule has 0 aliphatic rings. The molecule has 6 heteroatoms. The molecule has 75 heavy (non-hydrogen) atoms. The molecule has 0 saturated heterocycles. The predicted octanol–water partition coefficient (Wildman–Crippen LogP) is 21.7. The maximum Gasteiger partial charge on any atom is 0.306 e. The van der Waals surface area contributed by atoms with E-state index in [1.165, 1.54) is 173 Å². The van der Waals surface area contributed by atoms with E-state index in [2.05, 4.69) is 112 Å². The highest BCUT2D eigenvalue weighted by Gasteiger charge is 2.19.